The molecule has 0 saturated heterocycles. The Morgan fingerprint density at radius 1 is 1.40 bits per heavy atom. The fraction of sp³-hybridized carbons (Fsp3) is 0.429. The molecule has 1 aromatic rings. The summed E-state index contributed by atoms with van der Waals surface area (Å²) in [5, 5.41) is 11.7. The lowest BCUT2D eigenvalue weighted by Gasteiger charge is -2.21. The van der Waals surface area contributed by atoms with Crippen LogP contribution in [-0.2, 0) is 4.79 Å². The molecule has 1 fully saturated rings. The summed E-state index contributed by atoms with van der Waals surface area (Å²) in [6, 6.07) is 5.26. The normalized spacial score (nSPS) is 21.5. The number of halogens is 1. The molecule has 2 amide bonds. The van der Waals surface area contributed by atoms with Gasteiger partial charge in [0.2, 0.25) is 0 Å². The van der Waals surface area contributed by atoms with E-state index in [0.717, 1.165) is 0 Å². The molecule has 6 heteroatoms. The molecule has 0 bridgehead atoms. The highest BCUT2D eigenvalue weighted by atomic mass is 19.1. The predicted octanol–water partition coefficient (Wildman–Crippen LogP) is 2.22. The van der Waals surface area contributed by atoms with Crippen molar-refractivity contribution in [1.82, 2.24) is 5.32 Å². The number of nitrogens with zero attached hydrogens (tertiary/aromatic N) is 1. The van der Waals surface area contributed by atoms with Crippen LogP contribution in [0.25, 0.3) is 0 Å². The van der Waals surface area contributed by atoms with Gasteiger partial charge in [-0.05, 0) is 37.5 Å². The van der Waals surface area contributed by atoms with Gasteiger partial charge >= 0.3 is 12.0 Å². The minimum absolute atomic E-state index is 0.139. The van der Waals surface area contributed by atoms with Crippen LogP contribution in [0.4, 0.5) is 14.9 Å². The van der Waals surface area contributed by atoms with Crippen molar-refractivity contribution in [3.05, 3.63) is 30.1 Å². The lowest BCUT2D eigenvalue weighted by molar-refractivity contribution is -0.141. The summed E-state index contributed by atoms with van der Waals surface area (Å²) >= 11 is 0. The van der Waals surface area contributed by atoms with Crippen LogP contribution in [0.5, 0.6) is 0 Å². The fourth-order valence-corrected chi connectivity index (χ4v) is 2.41. The van der Waals surface area contributed by atoms with E-state index in [1.165, 1.54) is 23.1 Å². The average molecular weight is 280 g/mol. The number of carboxylic acids is 1. The van der Waals surface area contributed by atoms with E-state index in [0.29, 0.717) is 24.9 Å². The Kier molecular flexibility index (Phi) is 4.22. The van der Waals surface area contributed by atoms with E-state index < -0.39 is 11.8 Å². The number of hydrogen-bond acceptors (Lipinski definition) is 2. The summed E-state index contributed by atoms with van der Waals surface area (Å²) < 4.78 is 13.1. The molecule has 0 unspecified atom stereocenters. The summed E-state index contributed by atoms with van der Waals surface area (Å²) in [5.74, 6) is -1.62. The minimum atomic E-state index is -0.819. The fourth-order valence-electron chi connectivity index (χ4n) is 2.41. The zero-order valence-electron chi connectivity index (χ0n) is 11.2. The maximum atomic E-state index is 13.1. The lowest BCUT2D eigenvalue weighted by Crippen LogP contribution is -2.42. The monoisotopic (exact) mass is 280 g/mol. The highest BCUT2D eigenvalue weighted by Gasteiger charge is 2.31. The molecule has 5 nitrogen and oxygen atoms in total. The van der Waals surface area contributed by atoms with Crippen molar-refractivity contribution >= 4 is 17.7 Å². The Balaban J connectivity index is 1.94. The van der Waals surface area contributed by atoms with E-state index in [1.54, 1.807) is 13.1 Å². The minimum Gasteiger partial charge on any atom is -0.481 e. The first-order valence-corrected chi connectivity index (χ1v) is 6.50. The van der Waals surface area contributed by atoms with E-state index in [9.17, 15) is 14.0 Å². The number of anilines is 1. The third-order valence-corrected chi connectivity index (χ3v) is 3.61. The first kappa shape index (κ1) is 14.3. The van der Waals surface area contributed by atoms with Crippen LogP contribution in [0.1, 0.15) is 19.3 Å². The van der Waals surface area contributed by atoms with Crippen LogP contribution in [-0.4, -0.2) is 30.2 Å². The quantitative estimate of drug-likeness (QED) is 0.892. The number of carbonyl (C=O) groups is 2. The summed E-state index contributed by atoms with van der Waals surface area (Å²) in [5.41, 5.74) is 0.454. The zero-order valence-corrected chi connectivity index (χ0v) is 11.2. The maximum Gasteiger partial charge on any atom is 0.321 e. The molecule has 0 aromatic heterocycles. The van der Waals surface area contributed by atoms with Gasteiger partial charge in [0, 0.05) is 18.8 Å². The highest BCUT2D eigenvalue weighted by Crippen LogP contribution is 2.26. The van der Waals surface area contributed by atoms with Gasteiger partial charge in [0.25, 0.3) is 0 Å². The van der Waals surface area contributed by atoms with Crippen molar-refractivity contribution in [3.8, 4) is 0 Å². The second-order valence-electron chi connectivity index (χ2n) is 5.03. The van der Waals surface area contributed by atoms with Crippen molar-refractivity contribution in [2.24, 2.45) is 5.92 Å². The molecule has 0 aliphatic heterocycles. The predicted molar refractivity (Wildman–Crippen MR) is 72.1 cm³/mol. The summed E-state index contributed by atoms with van der Waals surface area (Å²) in [7, 11) is 1.55. The van der Waals surface area contributed by atoms with Gasteiger partial charge in [0.1, 0.15) is 5.82 Å². The van der Waals surface area contributed by atoms with Crippen molar-refractivity contribution in [1.29, 1.82) is 0 Å². The molecule has 0 spiro atoms. The zero-order chi connectivity index (χ0) is 14.7. The smallest absolute Gasteiger partial charge is 0.321 e. The molecule has 0 radical (unpaired) electrons. The average Bonchev–Trinajstić information content (AvgIpc) is 2.86. The molecule has 1 saturated carbocycles. The summed E-state index contributed by atoms with van der Waals surface area (Å²) in [4.78, 5) is 24.2. The van der Waals surface area contributed by atoms with Crippen molar-refractivity contribution < 1.29 is 19.1 Å². The van der Waals surface area contributed by atoms with Gasteiger partial charge < -0.3 is 10.4 Å². The van der Waals surface area contributed by atoms with Crippen LogP contribution >= 0.6 is 0 Å². The van der Waals surface area contributed by atoms with E-state index in [-0.39, 0.29) is 18.0 Å². The van der Waals surface area contributed by atoms with Crippen molar-refractivity contribution in [3.63, 3.8) is 0 Å². The number of urea groups is 1. The number of amides is 2. The van der Waals surface area contributed by atoms with E-state index in [1.807, 2.05) is 0 Å². The molecule has 108 valence electrons. The van der Waals surface area contributed by atoms with Gasteiger partial charge in [-0.15, -0.1) is 0 Å². The van der Waals surface area contributed by atoms with Gasteiger partial charge in [-0.2, -0.15) is 0 Å². The second-order valence-corrected chi connectivity index (χ2v) is 5.03. The molecule has 0 heterocycles. The first-order valence-electron chi connectivity index (χ1n) is 6.50. The van der Waals surface area contributed by atoms with Crippen LogP contribution in [0.3, 0.4) is 0 Å². The van der Waals surface area contributed by atoms with Crippen LogP contribution in [0, 0.1) is 11.7 Å². The molecular weight excluding hydrogens is 263 g/mol. The summed E-state index contributed by atoms with van der Waals surface area (Å²) in [6.07, 6.45) is 1.67. The largest absolute Gasteiger partial charge is 0.481 e. The molecule has 1 aliphatic carbocycles. The first-order chi connectivity index (χ1) is 9.47. The number of carboxylic acid groups (broad SMARTS) is 1. The molecule has 20 heavy (non-hydrogen) atoms. The lowest BCUT2D eigenvalue weighted by atomic mass is 10.1. The van der Waals surface area contributed by atoms with Gasteiger partial charge in [-0.25, -0.2) is 9.18 Å². The number of carbonyl (C=O) groups excluding carboxylic acids is 1. The molecule has 2 rings (SSSR count). The van der Waals surface area contributed by atoms with Gasteiger partial charge in [-0.3, -0.25) is 9.69 Å². The standard InChI is InChI=1S/C14H17FN2O3/c1-17(12-4-2-3-10(15)8-12)14(20)16-11-6-5-9(7-11)13(18)19/h2-4,8-9,11H,5-7H2,1H3,(H,16,20)(H,18,19)/t9-,11+/m1/s1. The Labute approximate surface area is 116 Å². The summed E-state index contributed by atoms with van der Waals surface area (Å²) in [6.45, 7) is 0. The molecule has 1 aromatic carbocycles. The van der Waals surface area contributed by atoms with Crippen LogP contribution < -0.4 is 10.2 Å². The molecule has 2 atom stereocenters. The van der Waals surface area contributed by atoms with Gasteiger partial charge in [0.05, 0.1) is 5.92 Å². The molecular formula is C14H17FN2O3. The number of nitrogens with one attached hydrogen (secondary N) is 1. The number of rotatable bonds is 3. The molecule has 1 aliphatic rings. The van der Waals surface area contributed by atoms with Crippen molar-refractivity contribution in [2.75, 3.05) is 11.9 Å². The third-order valence-electron chi connectivity index (χ3n) is 3.61. The van der Waals surface area contributed by atoms with Crippen LogP contribution in [0.2, 0.25) is 0 Å². The van der Waals surface area contributed by atoms with Crippen molar-refractivity contribution in [2.45, 2.75) is 25.3 Å². The molecule has 2 N–H and O–H groups in total. The highest BCUT2D eigenvalue weighted by molar-refractivity contribution is 5.91. The van der Waals surface area contributed by atoms with E-state index >= 15 is 0 Å². The topological polar surface area (TPSA) is 69.6 Å². The van der Waals surface area contributed by atoms with Gasteiger partial charge in [-0.1, -0.05) is 6.07 Å². The second kappa shape index (κ2) is 5.90. The Bertz CT molecular complexity index is 521. The van der Waals surface area contributed by atoms with Gasteiger partial charge in [0.15, 0.2) is 0 Å². The Morgan fingerprint density at radius 2 is 2.15 bits per heavy atom. The van der Waals surface area contributed by atoms with Crippen LogP contribution in [0.15, 0.2) is 24.3 Å². The number of hydrogen-bond donors (Lipinski definition) is 2. The Hall–Kier alpha value is -2.11. The number of benzene rings is 1. The van der Waals surface area contributed by atoms with E-state index in [2.05, 4.69) is 5.32 Å². The van der Waals surface area contributed by atoms with E-state index in [4.69, 9.17) is 5.11 Å². The number of aliphatic carboxylic acids is 1. The third kappa shape index (κ3) is 3.26. The maximum absolute atomic E-state index is 13.1. The Morgan fingerprint density at radius 3 is 2.75 bits per heavy atom. The SMILES string of the molecule is CN(C(=O)N[C@H]1CC[C@@H](C(=O)O)C1)c1cccc(F)c1.